The first-order valence-corrected chi connectivity index (χ1v) is 8.27. The van der Waals surface area contributed by atoms with E-state index in [9.17, 15) is 14.4 Å². The molecule has 0 aliphatic carbocycles. The summed E-state index contributed by atoms with van der Waals surface area (Å²) in [4.78, 5) is 41.1. The van der Waals surface area contributed by atoms with Crippen LogP contribution >= 0.6 is 0 Å². The van der Waals surface area contributed by atoms with Gasteiger partial charge in [-0.3, -0.25) is 14.2 Å². The summed E-state index contributed by atoms with van der Waals surface area (Å²) in [6.07, 6.45) is 5.65. The Morgan fingerprint density at radius 3 is 2.67 bits per heavy atom. The Morgan fingerprint density at radius 2 is 2.00 bits per heavy atom. The van der Waals surface area contributed by atoms with Crippen LogP contribution in [0.5, 0.6) is 0 Å². The summed E-state index contributed by atoms with van der Waals surface area (Å²) in [6, 6.07) is 0.0176. The summed E-state index contributed by atoms with van der Waals surface area (Å²) in [5, 5.41) is 2.85. The predicted octanol–water partition coefficient (Wildman–Crippen LogP) is 0.519. The highest BCUT2D eigenvalue weighted by Crippen LogP contribution is 2.04. The minimum absolute atomic E-state index is 0.0176. The smallest absolute Gasteiger partial charge is 0.332 e. The largest absolute Gasteiger partial charge is 0.352 e. The summed E-state index contributed by atoms with van der Waals surface area (Å²) < 4.78 is 3.80. The molecule has 1 N–H and O–H groups in total. The molecule has 0 radical (unpaired) electrons. The van der Waals surface area contributed by atoms with Crippen molar-refractivity contribution in [3.63, 3.8) is 0 Å². The van der Waals surface area contributed by atoms with E-state index in [4.69, 9.17) is 0 Å². The van der Waals surface area contributed by atoms with E-state index < -0.39 is 11.2 Å². The maximum atomic E-state index is 12.5. The summed E-state index contributed by atoms with van der Waals surface area (Å²) in [7, 11) is 3.22. The molecule has 0 aliphatic heterocycles. The number of nitrogens with one attached hydrogen (secondary N) is 1. The Hall–Kier alpha value is -2.38. The minimum atomic E-state index is -0.542. The Balaban J connectivity index is 2.21. The fourth-order valence-corrected chi connectivity index (χ4v) is 2.77. The minimum Gasteiger partial charge on any atom is -0.352 e. The Labute approximate surface area is 140 Å². The Morgan fingerprint density at radius 1 is 1.29 bits per heavy atom. The van der Waals surface area contributed by atoms with Gasteiger partial charge in [-0.05, 0) is 13.3 Å². The van der Waals surface area contributed by atoms with Gasteiger partial charge in [0.25, 0.3) is 5.56 Å². The van der Waals surface area contributed by atoms with Crippen LogP contribution < -0.4 is 16.6 Å². The molecular formula is C16H25N5O3. The molecule has 0 saturated carbocycles. The summed E-state index contributed by atoms with van der Waals surface area (Å²) in [5.74, 6) is -0.334. The zero-order valence-corrected chi connectivity index (χ0v) is 14.7. The maximum absolute atomic E-state index is 12.5. The predicted molar refractivity (Wildman–Crippen MR) is 92.0 cm³/mol. The van der Waals surface area contributed by atoms with Crippen LogP contribution in [0, 0.1) is 0 Å². The lowest BCUT2D eigenvalue weighted by molar-refractivity contribution is -0.122. The van der Waals surface area contributed by atoms with Crippen molar-refractivity contribution in [3.05, 3.63) is 27.2 Å². The van der Waals surface area contributed by atoms with Gasteiger partial charge in [-0.1, -0.05) is 26.2 Å². The van der Waals surface area contributed by atoms with Gasteiger partial charge in [-0.25, -0.2) is 14.3 Å². The lowest BCUT2D eigenvalue weighted by Crippen LogP contribution is -2.45. The number of carbonyl (C=O) groups excluding carboxylic acids is 1. The number of nitrogens with zero attached hydrogens (tertiary/aromatic N) is 4. The van der Waals surface area contributed by atoms with Gasteiger partial charge >= 0.3 is 5.69 Å². The van der Waals surface area contributed by atoms with E-state index in [1.807, 2.05) is 6.92 Å². The quantitative estimate of drug-likeness (QED) is 0.747. The molecule has 0 bridgehead atoms. The highest BCUT2D eigenvalue weighted by atomic mass is 16.2. The molecule has 0 saturated heterocycles. The normalized spacial score (nSPS) is 12.5. The maximum Gasteiger partial charge on any atom is 0.332 e. The van der Waals surface area contributed by atoms with Crippen LogP contribution in [0.25, 0.3) is 11.2 Å². The van der Waals surface area contributed by atoms with Crippen molar-refractivity contribution in [1.82, 2.24) is 24.0 Å². The summed E-state index contributed by atoms with van der Waals surface area (Å²) in [5.41, 5.74) is -0.417. The monoisotopic (exact) mass is 335 g/mol. The first-order valence-electron chi connectivity index (χ1n) is 8.27. The molecule has 0 aromatic carbocycles. The van der Waals surface area contributed by atoms with E-state index in [1.54, 1.807) is 18.7 Å². The molecule has 2 aromatic rings. The van der Waals surface area contributed by atoms with Crippen LogP contribution in [0.2, 0.25) is 0 Å². The van der Waals surface area contributed by atoms with E-state index >= 15 is 0 Å². The van der Waals surface area contributed by atoms with Crippen molar-refractivity contribution in [2.24, 2.45) is 14.1 Å². The van der Waals surface area contributed by atoms with E-state index in [0.29, 0.717) is 11.2 Å². The fourth-order valence-electron chi connectivity index (χ4n) is 2.77. The first kappa shape index (κ1) is 18.0. The van der Waals surface area contributed by atoms with Crippen molar-refractivity contribution in [2.45, 2.75) is 52.1 Å². The third kappa shape index (κ3) is 3.58. The number of hydrogen-bond acceptors (Lipinski definition) is 4. The van der Waals surface area contributed by atoms with Crippen LogP contribution in [0.3, 0.4) is 0 Å². The lowest BCUT2D eigenvalue weighted by atomic mass is 10.1. The SMILES string of the molecule is CCCCCC(C)NC(=O)Cn1c(=O)c2c(ncn2C)n(C)c1=O. The summed E-state index contributed by atoms with van der Waals surface area (Å²) in [6.45, 7) is 3.77. The number of aromatic nitrogens is 4. The van der Waals surface area contributed by atoms with Gasteiger partial charge in [-0.15, -0.1) is 0 Å². The average molecular weight is 335 g/mol. The van der Waals surface area contributed by atoms with Crippen molar-refractivity contribution in [1.29, 1.82) is 0 Å². The van der Waals surface area contributed by atoms with E-state index in [-0.39, 0.29) is 18.5 Å². The third-order valence-corrected chi connectivity index (χ3v) is 4.15. The molecule has 1 atom stereocenters. The Kier molecular flexibility index (Phi) is 5.58. The number of hydrogen-bond donors (Lipinski definition) is 1. The van der Waals surface area contributed by atoms with Gasteiger partial charge in [0.1, 0.15) is 6.54 Å². The van der Waals surface area contributed by atoms with Gasteiger partial charge in [0.15, 0.2) is 11.2 Å². The number of aryl methyl sites for hydroxylation is 2. The van der Waals surface area contributed by atoms with E-state index in [0.717, 1.165) is 30.3 Å². The van der Waals surface area contributed by atoms with E-state index in [1.165, 1.54) is 10.9 Å². The molecule has 1 amide bonds. The number of fused-ring (bicyclic) bond motifs is 1. The second kappa shape index (κ2) is 7.46. The van der Waals surface area contributed by atoms with Crippen LogP contribution in [-0.2, 0) is 25.4 Å². The number of amides is 1. The molecule has 8 nitrogen and oxygen atoms in total. The average Bonchev–Trinajstić information content (AvgIpc) is 2.91. The molecule has 1 unspecified atom stereocenters. The van der Waals surface area contributed by atoms with Crippen LogP contribution in [0.15, 0.2) is 15.9 Å². The standard InChI is InChI=1S/C16H25N5O3/c1-5-6-7-8-11(2)18-12(22)9-21-15(23)13-14(17-10-19(13)3)20(4)16(21)24/h10-11H,5-9H2,1-4H3,(H,18,22). The fraction of sp³-hybridized carbons (Fsp3) is 0.625. The van der Waals surface area contributed by atoms with Crippen LogP contribution in [-0.4, -0.2) is 30.6 Å². The molecule has 0 aliphatic rings. The molecule has 2 heterocycles. The van der Waals surface area contributed by atoms with Crippen molar-refractivity contribution >= 4 is 17.1 Å². The first-order chi connectivity index (χ1) is 11.4. The van der Waals surface area contributed by atoms with Crippen molar-refractivity contribution in [2.75, 3.05) is 0 Å². The van der Waals surface area contributed by atoms with Gasteiger partial charge in [0.2, 0.25) is 5.91 Å². The zero-order chi connectivity index (χ0) is 17.9. The van der Waals surface area contributed by atoms with Gasteiger partial charge in [0, 0.05) is 20.1 Å². The van der Waals surface area contributed by atoms with E-state index in [2.05, 4.69) is 17.2 Å². The van der Waals surface area contributed by atoms with Crippen LogP contribution in [0.1, 0.15) is 39.5 Å². The number of carbonyl (C=O) groups is 1. The molecule has 24 heavy (non-hydrogen) atoms. The van der Waals surface area contributed by atoms with Gasteiger partial charge < -0.3 is 9.88 Å². The summed E-state index contributed by atoms with van der Waals surface area (Å²) >= 11 is 0. The molecular weight excluding hydrogens is 310 g/mol. The Bertz CT molecular complexity index is 846. The molecule has 132 valence electrons. The lowest BCUT2D eigenvalue weighted by Gasteiger charge is -2.14. The number of rotatable bonds is 7. The molecule has 2 rings (SSSR count). The molecule has 0 spiro atoms. The molecule has 0 fully saturated rings. The number of unbranched alkanes of at least 4 members (excludes halogenated alkanes) is 2. The highest BCUT2D eigenvalue weighted by molar-refractivity contribution is 5.76. The van der Waals surface area contributed by atoms with Gasteiger partial charge in [-0.2, -0.15) is 0 Å². The van der Waals surface area contributed by atoms with Crippen LogP contribution in [0.4, 0.5) is 0 Å². The highest BCUT2D eigenvalue weighted by Gasteiger charge is 2.17. The third-order valence-electron chi connectivity index (χ3n) is 4.15. The number of imidazole rings is 1. The van der Waals surface area contributed by atoms with Crippen molar-refractivity contribution < 1.29 is 4.79 Å². The molecule has 8 heteroatoms. The second-order valence-electron chi connectivity index (χ2n) is 6.22. The second-order valence-corrected chi connectivity index (χ2v) is 6.22. The molecule has 2 aromatic heterocycles. The topological polar surface area (TPSA) is 90.9 Å². The zero-order valence-electron chi connectivity index (χ0n) is 14.7. The van der Waals surface area contributed by atoms with Gasteiger partial charge in [0.05, 0.1) is 6.33 Å². The van der Waals surface area contributed by atoms with Crippen molar-refractivity contribution in [3.8, 4) is 0 Å².